The fourth-order valence-corrected chi connectivity index (χ4v) is 2.10. The van der Waals surface area contributed by atoms with Crippen molar-refractivity contribution in [1.82, 2.24) is 10.2 Å². The number of nitrogens with zero attached hydrogens (tertiary/aromatic N) is 1. The second kappa shape index (κ2) is 4.49. The van der Waals surface area contributed by atoms with E-state index in [0.29, 0.717) is 11.6 Å². The fourth-order valence-electron chi connectivity index (χ4n) is 2.10. The molecular formula is C11H16N2O2. The van der Waals surface area contributed by atoms with Gasteiger partial charge in [-0.1, -0.05) is 0 Å². The van der Waals surface area contributed by atoms with Crippen LogP contribution in [0.4, 0.5) is 0 Å². The SMILES string of the molecule is CNCC1CCCN1C(=O)c1ccoc1. The second-order valence-electron chi connectivity index (χ2n) is 3.86. The highest BCUT2D eigenvalue weighted by Gasteiger charge is 2.28. The Hall–Kier alpha value is -1.29. The van der Waals surface area contributed by atoms with Crippen LogP contribution >= 0.6 is 0 Å². The van der Waals surface area contributed by atoms with Crippen molar-refractivity contribution in [3.05, 3.63) is 24.2 Å². The molecule has 1 aliphatic rings. The van der Waals surface area contributed by atoms with Gasteiger partial charge in [-0.2, -0.15) is 0 Å². The summed E-state index contributed by atoms with van der Waals surface area (Å²) in [5.41, 5.74) is 0.651. The van der Waals surface area contributed by atoms with Gasteiger partial charge in [0.2, 0.25) is 0 Å². The number of furan rings is 1. The predicted molar refractivity (Wildman–Crippen MR) is 56.7 cm³/mol. The van der Waals surface area contributed by atoms with E-state index in [1.165, 1.54) is 12.5 Å². The van der Waals surface area contributed by atoms with E-state index in [4.69, 9.17) is 4.42 Å². The van der Waals surface area contributed by atoms with Crippen LogP contribution in [0.25, 0.3) is 0 Å². The van der Waals surface area contributed by atoms with Gasteiger partial charge in [0.05, 0.1) is 11.8 Å². The molecule has 1 aromatic heterocycles. The Morgan fingerprint density at radius 2 is 2.60 bits per heavy atom. The molecule has 1 amide bonds. The van der Waals surface area contributed by atoms with Crippen LogP contribution in [0.5, 0.6) is 0 Å². The summed E-state index contributed by atoms with van der Waals surface area (Å²) in [7, 11) is 1.92. The molecule has 2 heterocycles. The zero-order valence-electron chi connectivity index (χ0n) is 8.90. The third-order valence-electron chi connectivity index (χ3n) is 2.85. The van der Waals surface area contributed by atoms with Crippen molar-refractivity contribution in [1.29, 1.82) is 0 Å². The summed E-state index contributed by atoms with van der Waals surface area (Å²) >= 11 is 0. The quantitative estimate of drug-likeness (QED) is 0.809. The van der Waals surface area contributed by atoms with Gasteiger partial charge in [0.1, 0.15) is 6.26 Å². The van der Waals surface area contributed by atoms with Crippen molar-refractivity contribution in [3.8, 4) is 0 Å². The van der Waals surface area contributed by atoms with Gasteiger partial charge < -0.3 is 14.6 Å². The zero-order valence-corrected chi connectivity index (χ0v) is 8.90. The molecule has 15 heavy (non-hydrogen) atoms. The Kier molecular flexibility index (Phi) is 3.06. The summed E-state index contributed by atoms with van der Waals surface area (Å²) in [6.07, 6.45) is 5.23. The number of carbonyl (C=O) groups excluding carboxylic acids is 1. The van der Waals surface area contributed by atoms with Crippen molar-refractivity contribution < 1.29 is 9.21 Å². The van der Waals surface area contributed by atoms with Gasteiger partial charge in [0, 0.05) is 19.1 Å². The van der Waals surface area contributed by atoms with Crippen molar-refractivity contribution in [2.75, 3.05) is 20.1 Å². The van der Waals surface area contributed by atoms with Crippen LogP contribution in [0.2, 0.25) is 0 Å². The molecule has 1 atom stereocenters. The number of carbonyl (C=O) groups is 1. The summed E-state index contributed by atoms with van der Waals surface area (Å²) < 4.78 is 4.93. The fraction of sp³-hybridized carbons (Fsp3) is 0.545. The van der Waals surface area contributed by atoms with E-state index in [2.05, 4.69) is 5.32 Å². The van der Waals surface area contributed by atoms with E-state index < -0.39 is 0 Å². The Morgan fingerprint density at radius 3 is 3.27 bits per heavy atom. The Bertz CT molecular complexity index is 321. The minimum atomic E-state index is 0.0847. The Morgan fingerprint density at radius 1 is 1.73 bits per heavy atom. The van der Waals surface area contributed by atoms with Crippen molar-refractivity contribution in [2.24, 2.45) is 0 Å². The van der Waals surface area contributed by atoms with Gasteiger partial charge in [-0.05, 0) is 26.0 Å². The smallest absolute Gasteiger partial charge is 0.257 e. The van der Waals surface area contributed by atoms with E-state index in [1.807, 2.05) is 11.9 Å². The number of likely N-dealkylation sites (tertiary alicyclic amines) is 1. The molecule has 2 rings (SSSR count). The molecule has 0 spiro atoms. The van der Waals surface area contributed by atoms with Crippen LogP contribution in [0, 0.1) is 0 Å². The van der Waals surface area contributed by atoms with Gasteiger partial charge in [-0.15, -0.1) is 0 Å². The molecular weight excluding hydrogens is 192 g/mol. The molecule has 82 valence electrons. The summed E-state index contributed by atoms with van der Waals surface area (Å²) in [5, 5.41) is 3.12. The summed E-state index contributed by atoms with van der Waals surface area (Å²) in [6, 6.07) is 2.05. The number of amides is 1. The lowest BCUT2D eigenvalue weighted by Crippen LogP contribution is -2.40. The lowest BCUT2D eigenvalue weighted by molar-refractivity contribution is 0.0736. The van der Waals surface area contributed by atoms with Crippen LogP contribution < -0.4 is 5.32 Å². The standard InChI is InChI=1S/C11H16N2O2/c1-12-7-10-3-2-5-13(10)11(14)9-4-6-15-8-9/h4,6,8,10,12H,2-3,5,7H2,1H3. The highest BCUT2D eigenvalue weighted by Crippen LogP contribution is 2.19. The molecule has 0 bridgehead atoms. The first-order valence-corrected chi connectivity index (χ1v) is 5.30. The van der Waals surface area contributed by atoms with Gasteiger partial charge >= 0.3 is 0 Å². The molecule has 4 nitrogen and oxygen atoms in total. The first-order chi connectivity index (χ1) is 7.33. The topological polar surface area (TPSA) is 45.5 Å². The molecule has 1 unspecified atom stereocenters. The number of likely N-dealkylation sites (N-methyl/N-ethyl adjacent to an activating group) is 1. The highest BCUT2D eigenvalue weighted by molar-refractivity contribution is 5.94. The van der Waals surface area contributed by atoms with Gasteiger partial charge in [0.15, 0.2) is 0 Å². The highest BCUT2D eigenvalue weighted by atomic mass is 16.3. The molecule has 0 saturated carbocycles. The molecule has 1 aromatic rings. The minimum absolute atomic E-state index is 0.0847. The van der Waals surface area contributed by atoms with E-state index in [0.717, 1.165) is 25.9 Å². The largest absolute Gasteiger partial charge is 0.472 e. The zero-order chi connectivity index (χ0) is 10.7. The Balaban J connectivity index is 2.06. The first-order valence-electron chi connectivity index (χ1n) is 5.30. The van der Waals surface area contributed by atoms with Crippen LogP contribution in [-0.2, 0) is 0 Å². The molecule has 1 N–H and O–H groups in total. The van der Waals surface area contributed by atoms with E-state index in [-0.39, 0.29) is 5.91 Å². The number of rotatable bonds is 3. The molecule has 0 aromatic carbocycles. The maximum absolute atomic E-state index is 12.0. The van der Waals surface area contributed by atoms with Crippen LogP contribution in [0.3, 0.4) is 0 Å². The van der Waals surface area contributed by atoms with E-state index in [9.17, 15) is 4.79 Å². The van der Waals surface area contributed by atoms with Crippen molar-refractivity contribution in [2.45, 2.75) is 18.9 Å². The molecule has 1 aliphatic heterocycles. The molecule has 4 heteroatoms. The predicted octanol–water partition coefficient (Wildman–Crippen LogP) is 1.10. The number of nitrogens with one attached hydrogen (secondary N) is 1. The van der Waals surface area contributed by atoms with Crippen molar-refractivity contribution >= 4 is 5.91 Å². The van der Waals surface area contributed by atoms with Gasteiger partial charge in [-0.3, -0.25) is 4.79 Å². The maximum Gasteiger partial charge on any atom is 0.257 e. The summed E-state index contributed by atoms with van der Waals surface area (Å²) in [5.74, 6) is 0.0847. The molecule has 1 saturated heterocycles. The van der Waals surface area contributed by atoms with Crippen LogP contribution in [0.15, 0.2) is 23.0 Å². The van der Waals surface area contributed by atoms with Gasteiger partial charge in [0.25, 0.3) is 5.91 Å². The third-order valence-corrected chi connectivity index (χ3v) is 2.85. The number of hydrogen-bond donors (Lipinski definition) is 1. The number of hydrogen-bond acceptors (Lipinski definition) is 3. The Labute approximate surface area is 89.2 Å². The second-order valence-corrected chi connectivity index (χ2v) is 3.86. The third kappa shape index (κ3) is 2.04. The summed E-state index contributed by atoms with van der Waals surface area (Å²) in [6.45, 7) is 1.72. The minimum Gasteiger partial charge on any atom is -0.472 e. The molecule has 0 radical (unpaired) electrons. The van der Waals surface area contributed by atoms with Gasteiger partial charge in [-0.25, -0.2) is 0 Å². The lowest BCUT2D eigenvalue weighted by Gasteiger charge is -2.23. The lowest BCUT2D eigenvalue weighted by atomic mass is 10.2. The molecule has 0 aliphatic carbocycles. The average Bonchev–Trinajstić information content (AvgIpc) is 2.87. The van der Waals surface area contributed by atoms with Crippen LogP contribution in [0.1, 0.15) is 23.2 Å². The van der Waals surface area contributed by atoms with Crippen LogP contribution in [-0.4, -0.2) is 37.0 Å². The van der Waals surface area contributed by atoms with E-state index >= 15 is 0 Å². The molecule has 1 fully saturated rings. The first kappa shape index (κ1) is 10.2. The maximum atomic E-state index is 12.0. The normalized spacial score (nSPS) is 20.9. The van der Waals surface area contributed by atoms with Crippen molar-refractivity contribution in [3.63, 3.8) is 0 Å². The summed E-state index contributed by atoms with van der Waals surface area (Å²) in [4.78, 5) is 14.0. The monoisotopic (exact) mass is 208 g/mol. The average molecular weight is 208 g/mol. The van der Waals surface area contributed by atoms with E-state index in [1.54, 1.807) is 6.07 Å².